The van der Waals surface area contributed by atoms with Gasteiger partial charge in [0.25, 0.3) is 0 Å². The Morgan fingerprint density at radius 2 is 1.96 bits per heavy atom. The number of hydrogen-bond donors (Lipinski definition) is 1. The molecule has 1 aromatic rings. The molecular weight excluding hydrogens is 294 g/mol. The summed E-state index contributed by atoms with van der Waals surface area (Å²) < 4.78 is 5.42. The standard InChI is InChI=1S/C18H25NO4/c1-19(12-13-6-8-15(9-7-13)18(21)22)17(20)11-14-4-3-5-16(10-14)23-2/h6-9,14,16H,3-5,10-12H2,1-2H3,(H,21,22). The summed E-state index contributed by atoms with van der Waals surface area (Å²) >= 11 is 0. The Morgan fingerprint density at radius 3 is 2.57 bits per heavy atom. The number of ether oxygens (including phenoxy) is 1. The third-order valence-electron chi connectivity index (χ3n) is 4.58. The van der Waals surface area contributed by atoms with Crippen LogP contribution in [0.4, 0.5) is 0 Å². The van der Waals surface area contributed by atoms with Crippen LogP contribution in [-0.2, 0) is 16.1 Å². The Kier molecular flexibility index (Phi) is 6.16. The van der Waals surface area contributed by atoms with Gasteiger partial charge in [-0.05, 0) is 42.9 Å². The fourth-order valence-electron chi connectivity index (χ4n) is 3.16. The maximum atomic E-state index is 12.4. The van der Waals surface area contributed by atoms with E-state index in [-0.39, 0.29) is 17.6 Å². The average Bonchev–Trinajstić information content (AvgIpc) is 2.55. The van der Waals surface area contributed by atoms with E-state index in [0.717, 1.165) is 31.2 Å². The van der Waals surface area contributed by atoms with Crippen LogP contribution in [0.15, 0.2) is 24.3 Å². The van der Waals surface area contributed by atoms with Gasteiger partial charge in [0.05, 0.1) is 11.7 Å². The van der Waals surface area contributed by atoms with Crippen LogP contribution in [-0.4, -0.2) is 42.1 Å². The number of amides is 1. The number of carbonyl (C=O) groups is 2. The molecule has 0 radical (unpaired) electrons. The second kappa shape index (κ2) is 8.11. The van der Waals surface area contributed by atoms with Crippen LogP contribution >= 0.6 is 0 Å². The molecule has 2 rings (SSSR count). The molecule has 0 aliphatic heterocycles. The normalized spacial score (nSPS) is 21.0. The summed E-state index contributed by atoms with van der Waals surface area (Å²) in [5.41, 5.74) is 1.19. The van der Waals surface area contributed by atoms with Crippen molar-refractivity contribution in [2.45, 2.75) is 44.8 Å². The maximum Gasteiger partial charge on any atom is 0.335 e. The third kappa shape index (κ3) is 5.06. The van der Waals surface area contributed by atoms with E-state index in [1.165, 1.54) is 0 Å². The van der Waals surface area contributed by atoms with Gasteiger partial charge >= 0.3 is 5.97 Å². The van der Waals surface area contributed by atoms with E-state index in [1.54, 1.807) is 43.3 Å². The maximum absolute atomic E-state index is 12.4. The van der Waals surface area contributed by atoms with E-state index < -0.39 is 5.97 Å². The lowest BCUT2D eigenvalue weighted by molar-refractivity contribution is -0.132. The van der Waals surface area contributed by atoms with Crippen molar-refractivity contribution in [1.29, 1.82) is 0 Å². The summed E-state index contributed by atoms with van der Waals surface area (Å²) in [7, 11) is 3.53. The molecule has 1 aromatic carbocycles. The molecule has 1 aliphatic carbocycles. The van der Waals surface area contributed by atoms with E-state index in [1.807, 2.05) is 0 Å². The number of carboxylic acid groups (broad SMARTS) is 1. The minimum Gasteiger partial charge on any atom is -0.478 e. The predicted octanol–water partition coefficient (Wildman–Crippen LogP) is 2.94. The molecule has 23 heavy (non-hydrogen) atoms. The fourth-order valence-corrected chi connectivity index (χ4v) is 3.16. The van der Waals surface area contributed by atoms with Crippen molar-refractivity contribution in [2.75, 3.05) is 14.2 Å². The Morgan fingerprint density at radius 1 is 1.26 bits per heavy atom. The first-order valence-electron chi connectivity index (χ1n) is 8.08. The Hall–Kier alpha value is -1.88. The molecule has 0 heterocycles. The summed E-state index contributed by atoms with van der Waals surface area (Å²) in [6, 6.07) is 6.66. The van der Waals surface area contributed by atoms with Gasteiger partial charge in [-0.3, -0.25) is 4.79 Å². The van der Waals surface area contributed by atoms with Gasteiger partial charge in [0.15, 0.2) is 0 Å². The van der Waals surface area contributed by atoms with E-state index in [2.05, 4.69) is 0 Å². The largest absolute Gasteiger partial charge is 0.478 e. The summed E-state index contributed by atoms with van der Waals surface area (Å²) in [5, 5.41) is 8.90. The molecule has 1 N–H and O–H groups in total. The van der Waals surface area contributed by atoms with Crippen molar-refractivity contribution >= 4 is 11.9 Å². The van der Waals surface area contributed by atoms with Crippen LogP contribution in [0.1, 0.15) is 48.0 Å². The minimum atomic E-state index is -0.939. The lowest BCUT2D eigenvalue weighted by Gasteiger charge is -2.29. The highest BCUT2D eigenvalue weighted by atomic mass is 16.5. The molecule has 2 unspecified atom stereocenters. The van der Waals surface area contributed by atoms with E-state index >= 15 is 0 Å². The fraction of sp³-hybridized carbons (Fsp3) is 0.556. The van der Waals surface area contributed by atoms with Crippen molar-refractivity contribution < 1.29 is 19.4 Å². The van der Waals surface area contributed by atoms with Gasteiger partial charge in [-0.2, -0.15) is 0 Å². The zero-order valence-corrected chi connectivity index (χ0v) is 13.8. The van der Waals surface area contributed by atoms with Crippen LogP contribution in [0, 0.1) is 5.92 Å². The van der Waals surface area contributed by atoms with E-state index in [4.69, 9.17) is 9.84 Å². The lowest BCUT2D eigenvalue weighted by Crippen LogP contribution is -2.30. The van der Waals surface area contributed by atoms with Gasteiger partial charge in [0.1, 0.15) is 0 Å². The molecule has 0 aromatic heterocycles. The number of carboxylic acids is 1. The first-order chi connectivity index (χ1) is 11.0. The van der Waals surface area contributed by atoms with Gasteiger partial charge in [-0.1, -0.05) is 18.6 Å². The molecule has 1 fully saturated rings. The van der Waals surface area contributed by atoms with E-state index in [0.29, 0.717) is 18.9 Å². The molecular formula is C18H25NO4. The Bertz CT molecular complexity index is 540. The molecule has 1 saturated carbocycles. The van der Waals surface area contributed by atoms with Crippen molar-refractivity contribution in [3.05, 3.63) is 35.4 Å². The van der Waals surface area contributed by atoms with Crippen LogP contribution in [0.2, 0.25) is 0 Å². The topological polar surface area (TPSA) is 66.8 Å². The SMILES string of the molecule is COC1CCCC(CC(=O)N(C)Cc2ccc(C(=O)O)cc2)C1. The van der Waals surface area contributed by atoms with Gasteiger partial charge < -0.3 is 14.7 Å². The highest BCUT2D eigenvalue weighted by molar-refractivity contribution is 5.87. The molecule has 5 nitrogen and oxygen atoms in total. The number of carbonyl (C=O) groups excluding carboxylic acids is 1. The van der Waals surface area contributed by atoms with Crippen molar-refractivity contribution in [3.63, 3.8) is 0 Å². The van der Waals surface area contributed by atoms with Crippen molar-refractivity contribution in [1.82, 2.24) is 4.90 Å². The second-order valence-corrected chi connectivity index (χ2v) is 6.35. The second-order valence-electron chi connectivity index (χ2n) is 6.35. The number of hydrogen-bond acceptors (Lipinski definition) is 3. The minimum absolute atomic E-state index is 0.133. The van der Waals surface area contributed by atoms with Gasteiger partial charge in [0, 0.05) is 27.1 Å². The average molecular weight is 319 g/mol. The lowest BCUT2D eigenvalue weighted by atomic mass is 9.85. The highest BCUT2D eigenvalue weighted by Crippen LogP contribution is 2.28. The number of aromatic carboxylic acids is 1. The van der Waals surface area contributed by atoms with Crippen LogP contribution in [0.25, 0.3) is 0 Å². The summed E-state index contributed by atoms with van der Waals surface area (Å²) in [5.74, 6) is -0.405. The quantitative estimate of drug-likeness (QED) is 0.875. The summed E-state index contributed by atoms with van der Waals surface area (Å²) in [4.78, 5) is 24.9. The summed E-state index contributed by atoms with van der Waals surface area (Å²) in [6.07, 6.45) is 5.11. The first kappa shape index (κ1) is 17.5. The van der Waals surface area contributed by atoms with E-state index in [9.17, 15) is 9.59 Å². The zero-order chi connectivity index (χ0) is 16.8. The number of rotatable bonds is 6. The van der Waals surface area contributed by atoms with Gasteiger partial charge in [-0.15, -0.1) is 0 Å². The van der Waals surface area contributed by atoms with Gasteiger partial charge in [0.2, 0.25) is 5.91 Å². The monoisotopic (exact) mass is 319 g/mol. The van der Waals surface area contributed by atoms with Crippen LogP contribution < -0.4 is 0 Å². The molecule has 2 atom stereocenters. The molecule has 1 amide bonds. The summed E-state index contributed by atoms with van der Waals surface area (Å²) in [6.45, 7) is 0.499. The van der Waals surface area contributed by atoms with Gasteiger partial charge in [-0.25, -0.2) is 4.79 Å². The predicted molar refractivity (Wildman–Crippen MR) is 87.2 cm³/mol. The molecule has 5 heteroatoms. The smallest absolute Gasteiger partial charge is 0.335 e. The van der Waals surface area contributed by atoms with Crippen molar-refractivity contribution in [2.24, 2.45) is 5.92 Å². The first-order valence-corrected chi connectivity index (χ1v) is 8.08. The number of nitrogens with zero attached hydrogens (tertiary/aromatic N) is 1. The van der Waals surface area contributed by atoms with Crippen LogP contribution in [0.5, 0.6) is 0 Å². The number of benzene rings is 1. The molecule has 1 aliphatic rings. The molecule has 0 spiro atoms. The third-order valence-corrected chi connectivity index (χ3v) is 4.58. The number of methoxy groups -OCH3 is 1. The highest BCUT2D eigenvalue weighted by Gasteiger charge is 2.24. The zero-order valence-electron chi connectivity index (χ0n) is 13.8. The molecule has 0 saturated heterocycles. The van der Waals surface area contributed by atoms with Crippen LogP contribution in [0.3, 0.4) is 0 Å². The molecule has 0 bridgehead atoms. The Labute approximate surface area is 137 Å². The van der Waals surface area contributed by atoms with Crippen molar-refractivity contribution in [3.8, 4) is 0 Å². The molecule has 126 valence electrons. The Balaban J connectivity index is 1.85.